The van der Waals surface area contributed by atoms with Gasteiger partial charge in [-0.1, -0.05) is 23.8 Å². The summed E-state index contributed by atoms with van der Waals surface area (Å²) in [7, 11) is 1.54. The van der Waals surface area contributed by atoms with E-state index < -0.39 is 23.2 Å². The number of aromatic nitrogens is 1. The number of anilines is 1. The molecule has 0 unspecified atom stereocenters. The molecule has 0 radical (unpaired) electrons. The molecule has 0 aliphatic carbocycles. The van der Waals surface area contributed by atoms with Crippen molar-refractivity contribution in [2.75, 3.05) is 12.4 Å². The standard InChI is InChI=1S/C19H15F3N2O2S/c1-11-7-8-16(26-2)13(9-11)15-10-27-18(23-15)24-17(25)12-5-3-4-6-14(12)19(20,21)22/h3-10H,1-2H3,(H,23,24,25). The van der Waals surface area contributed by atoms with E-state index in [-0.39, 0.29) is 5.13 Å². The first kappa shape index (κ1) is 18.9. The predicted octanol–water partition coefficient (Wildman–Crippen LogP) is 5.40. The molecule has 0 aliphatic rings. The lowest BCUT2D eigenvalue weighted by molar-refractivity contribution is -0.137. The molecule has 1 N–H and O–H groups in total. The van der Waals surface area contributed by atoms with Gasteiger partial charge in [0.25, 0.3) is 5.91 Å². The Balaban J connectivity index is 1.88. The Hall–Kier alpha value is -2.87. The molecular formula is C19H15F3N2O2S. The number of methoxy groups -OCH3 is 1. The molecule has 0 saturated carbocycles. The lowest BCUT2D eigenvalue weighted by atomic mass is 10.1. The van der Waals surface area contributed by atoms with Gasteiger partial charge >= 0.3 is 6.18 Å². The fourth-order valence-corrected chi connectivity index (χ4v) is 3.28. The summed E-state index contributed by atoms with van der Waals surface area (Å²) in [5, 5.41) is 4.36. The minimum atomic E-state index is -4.61. The predicted molar refractivity (Wildman–Crippen MR) is 98.2 cm³/mol. The van der Waals surface area contributed by atoms with E-state index in [0.29, 0.717) is 11.4 Å². The molecule has 0 bridgehead atoms. The van der Waals surface area contributed by atoms with Gasteiger partial charge in [-0.25, -0.2) is 4.98 Å². The fourth-order valence-electron chi connectivity index (χ4n) is 2.57. The van der Waals surface area contributed by atoms with E-state index in [0.717, 1.165) is 34.6 Å². The van der Waals surface area contributed by atoms with E-state index >= 15 is 0 Å². The van der Waals surface area contributed by atoms with Gasteiger partial charge in [-0.3, -0.25) is 10.1 Å². The van der Waals surface area contributed by atoms with E-state index in [9.17, 15) is 18.0 Å². The van der Waals surface area contributed by atoms with Crippen molar-refractivity contribution in [3.63, 3.8) is 0 Å². The quantitative estimate of drug-likeness (QED) is 0.647. The molecule has 0 spiro atoms. The molecule has 3 rings (SSSR count). The smallest absolute Gasteiger partial charge is 0.417 e. The van der Waals surface area contributed by atoms with Gasteiger partial charge in [0.1, 0.15) is 5.75 Å². The number of carbonyl (C=O) groups excluding carboxylic acids is 1. The average molecular weight is 392 g/mol. The molecule has 3 aromatic rings. The summed E-state index contributed by atoms with van der Waals surface area (Å²) >= 11 is 1.13. The van der Waals surface area contributed by atoms with Gasteiger partial charge in [0.05, 0.1) is 23.9 Å². The topological polar surface area (TPSA) is 51.2 Å². The van der Waals surface area contributed by atoms with Crippen LogP contribution in [0.1, 0.15) is 21.5 Å². The maximum Gasteiger partial charge on any atom is 0.417 e. The highest BCUT2D eigenvalue weighted by atomic mass is 32.1. The van der Waals surface area contributed by atoms with E-state index in [1.165, 1.54) is 19.2 Å². The van der Waals surface area contributed by atoms with Crippen LogP contribution < -0.4 is 10.1 Å². The first-order chi connectivity index (χ1) is 12.8. The second-order valence-electron chi connectivity index (χ2n) is 5.74. The Morgan fingerprint density at radius 3 is 2.63 bits per heavy atom. The Kier molecular flexibility index (Phi) is 5.18. The molecule has 8 heteroatoms. The van der Waals surface area contributed by atoms with Crippen molar-refractivity contribution in [1.82, 2.24) is 4.98 Å². The van der Waals surface area contributed by atoms with Crippen LogP contribution in [0.25, 0.3) is 11.3 Å². The first-order valence-electron chi connectivity index (χ1n) is 7.87. The van der Waals surface area contributed by atoms with E-state index in [4.69, 9.17) is 4.74 Å². The number of ether oxygens (including phenoxy) is 1. The zero-order valence-electron chi connectivity index (χ0n) is 14.4. The van der Waals surface area contributed by atoms with Crippen molar-refractivity contribution in [2.45, 2.75) is 13.1 Å². The molecule has 0 atom stereocenters. The zero-order chi connectivity index (χ0) is 19.6. The second-order valence-corrected chi connectivity index (χ2v) is 6.60. The van der Waals surface area contributed by atoms with Crippen LogP contribution in [-0.4, -0.2) is 18.0 Å². The van der Waals surface area contributed by atoms with Crippen LogP contribution in [0.4, 0.5) is 18.3 Å². The summed E-state index contributed by atoms with van der Waals surface area (Å²) in [6.45, 7) is 1.92. The maximum atomic E-state index is 13.1. The van der Waals surface area contributed by atoms with Crippen LogP contribution in [0.3, 0.4) is 0 Å². The van der Waals surface area contributed by atoms with Crippen LogP contribution in [0.15, 0.2) is 47.8 Å². The molecule has 140 valence electrons. The van der Waals surface area contributed by atoms with Gasteiger partial charge in [0.15, 0.2) is 5.13 Å². The molecule has 0 saturated heterocycles. The third-order valence-corrected chi connectivity index (χ3v) is 4.59. The van der Waals surface area contributed by atoms with Gasteiger partial charge in [-0.2, -0.15) is 13.2 Å². The van der Waals surface area contributed by atoms with Gasteiger partial charge in [0, 0.05) is 10.9 Å². The maximum absolute atomic E-state index is 13.1. The van der Waals surface area contributed by atoms with Crippen molar-refractivity contribution in [3.05, 3.63) is 64.5 Å². The van der Waals surface area contributed by atoms with Crippen molar-refractivity contribution in [1.29, 1.82) is 0 Å². The fraction of sp³-hybridized carbons (Fsp3) is 0.158. The molecular weight excluding hydrogens is 377 g/mol. The molecule has 0 aliphatic heterocycles. The summed E-state index contributed by atoms with van der Waals surface area (Å²) in [6, 6.07) is 10.2. The van der Waals surface area contributed by atoms with Crippen LogP contribution in [-0.2, 0) is 6.18 Å². The Morgan fingerprint density at radius 2 is 1.93 bits per heavy atom. The van der Waals surface area contributed by atoms with Gasteiger partial charge in [-0.15, -0.1) is 11.3 Å². The number of nitrogens with one attached hydrogen (secondary N) is 1. The van der Waals surface area contributed by atoms with Crippen LogP contribution >= 0.6 is 11.3 Å². The van der Waals surface area contributed by atoms with Crippen molar-refractivity contribution in [2.24, 2.45) is 0 Å². The number of halogens is 3. The summed E-state index contributed by atoms with van der Waals surface area (Å²) in [5.74, 6) is -0.244. The molecule has 0 fully saturated rings. The van der Waals surface area contributed by atoms with Gasteiger partial charge < -0.3 is 4.74 Å². The number of rotatable bonds is 4. The second kappa shape index (κ2) is 7.40. The third kappa shape index (κ3) is 4.11. The number of aryl methyl sites for hydroxylation is 1. The van der Waals surface area contributed by atoms with Gasteiger partial charge in [-0.05, 0) is 31.2 Å². The zero-order valence-corrected chi connectivity index (χ0v) is 15.2. The first-order valence-corrected chi connectivity index (χ1v) is 8.75. The van der Waals surface area contributed by atoms with Crippen LogP contribution in [0.2, 0.25) is 0 Å². The number of nitrogens with zero attached hydrogens (tertiary/aromatic N) is 1. The molecule has 27 heavy (non-hydrogen) atoms. The number of hydrogen-bond donors (Lipinski definition) is 1. The highest BCUT2D eigenvalue weighted by molar-refractivity contribution is 7.14. The Bertz CT molecular complexity index is 983. The number of thiazole rings is 1. The summed E-state index contributed by atoms with van der Waals surface area (Å²) in [6.07, 6.45) is -4.61. The molecule has 2 aromatic carbocycles. The van der Waals surface area contributed by atoms with E-state index in [1.54, 1.807) is 5.38 Å². The van der Waals surface area contributed by atoms with Crippen LogP contribution in [0, 0.1) is 6.92 Å². The number of carbonyl (C=O) groups is 1. The number of hydrogen-bond acceptors (Lipinski definition) is 4. The number of amides is 1. The van der Waals surface area contributed by atoms with Crippen LogP contribution in [0.5, 0.6) is 5.75 Å². The highest BCUT2D eigenvalue weighted by Gasteiger charge is 2.35. The summed E-state index contributed by atoms with van der Waals surface area (Å²) < 4.78 is 44.6. The van der Waals surface area contributed by atoms with Gasteiger partial charge in [0.2, 0.25) is 0 Å². The van der Waals surface area contributed by atoms with E-state index in [1.807, 2.05) is 25.1 Å². The molecule has 1 amide bonds. The lowest BCUT2D eigenvalue weighted by Gasteiger charge is -2.11. The Morgan fingerprint density at radius 1 is 1.19 bits per heavy atom. The minimum absolute atomic E-state index is 0.204. The molecule has 4 nitrogen and oxygen atoms in total. The number of benzene rings is 2. The minimum Gasteiger partial charge on any atom is -0.496 e. The third-order valence-electron chi connectivity index (χ3n) is 3.83. The monoisotopic (exact) mass is 392 g/mol. The van der Waals surface area contributed by atoms with Crippen molar-refractivity contribution >= 4 is 22.4 Å². The largest absolute Gasteiger partial charge is 0.496 e. The molecule has 1 heterocycles. The molecule has 1 aromatic heterocycles. The summed E-state index contributed by atoms with van der Waals surface area (Å²) in [5.41, 5.74) is 0.878. The van der Waals surface area contributed by atoms with E-state index in [2.05, 4.69) is 10.3 Å². The average Bonchev–Trinajstić information content (AvgIpc) is 3.09. The van der Waals surface area contributed by atoms with Crippen molar-refractivity contribution in [3.8, 4) is 17.0 Å². The van der Waals surface area contributed by atoms with Crippen molar-refractivity contribution < 1.29 is 22.7 Å². The Labute approximate surface area is 157 Å². The lowest BCUT2D eigenvalue weighted by Crippen LogP contribution is -2.18. The SMILES string of the molecule is COc1ccc(C)cc1-c1csc(NC(=O)c2ccccc2C(F)(F)F)n1. The summed E-state index contributed by atoms with van der Waals surface area (Å²) in [4.78, 5) is 16.6. The highest BCUT2D eigenvalue weighted by Crippen LogP contribution is 2.34. The number of alkyl halides is 3. The normalized spacial score (nSPS) is 11.3.